The molecule has 1 rings (SSSR count). The van der Waals surface area contributed by atoms with Crippen molar-refractivity contribution < 1.29 is 0 Å². The van der Waals surface area contributed by atoms with Crippen LogP contribution in [0.15, 0.2) is 12.3 Å². The fourth-order valence-corrected chi connectivity index (χ4v) is 1.30. The molecule has 9 heavy (non-hydrogen) atoms. The van der Waals surface area contributed by atoms with Crippen LogP contribution in [0, 0.1) is 11.8 Å². The van der Waals surface area contributed by atoms with E-state index in [0.29, 0.717) is 0 Å². The van der Waals surface area contributed by atoms with Crippen molar-refractivity contribution in [2.24, 2.45) is 11.8 Å². The second-order valence-corrected chi connectivity index (χ2v) is 2.79. The summed E-state index contributed by atoms with van der Waals surface area (Å²) >= 11 is 0. The van der Waals surface area contributed by atoms with Crippen molar-refractivity contribution in [3.63, 3.8) is 0 Å². The summed E-state index contributed by atoms with van der Waals surface area (Å²) in [6.07, 6.45) is 5.60. The molecule has 0 aromatic rings. The molecule has 0 fully saturated rings. The van der Waals surface area contributed by atoms with Crippen molar-refractivity contribution >= 4 is 0 Å². The highest BCUT2D eigenvalue weighted by atomic mass is 14.8. The van der Waals surface area contributed by atoms with Gasteiger partial charge >= 0.3 is 0 Å². The van der Waals surface area contributed by atoms with E-state index < -0.39 is 0 Å². The van der Waals surface area contributed by atoms with Crippen LogP contribution in [0.5, 0.6) is 0 Å². The standard InChI is InChI=1S/C8H15N/c1-3-8-6-9-5-4-7(8)2/h4-5,7-9H,3,6H2,1-2H3. The van der Waals surface area contributed by atoms with Crippen LogP contribution in [-0.4, -0.2) is 6.54 Å². The van der Waals surface area contributed by atoms with Gasteiger partial charge in [-0.3, -0.25) is 0 Å². The molecular weight excluding hydrogens is 110 g/mol. The van der Waals surface area contributed by atoms with Crippen LogP contribution >= 0.6 is 0 Å². The summed E-state index contributed by atoms with van der Waals surface area (Å²) in [7, 11) is 0. The van der Waals surface area contributed by atoms with E-state index in [0.717, 1.165) is 18.4 Å². The predicted molar refractivity (Wildman–Crippen MR) is 40.1 cm³/mol. The maximum Gasteiger partial charge on any atom is 0.0175 e. The molecule has 0 saturated heterocycles. The Kier molecular flexibility index (Phi) is 2.15. The third-order valence-electron chi connectivity index (χ3n) is 2.17. The van der Waals surface area contributed by atoms with E-state index in [2.05, 4.69) is 31.4 Å². The predicted octanol–water partition coefficient (Wildman–Crippen LogP) is 1.77. The van der Waals surface area contributed by atoms with Crippen molar-refractivity contribution in [2.45, 2.75) is 20.3 Å². The number of nitrogens with one attached hydrogen (secondary N) is 1. The van der Waals surface area contributed by atoms with Crippen LogP contribution in [0.2, 0.25) is 0 Å². The monoisotopic (exact) mass is 125 g/mol. The zero-order chi connectivity index (χ0) is 6.69. The maximum absolute atomic E-state index is 3.24. The second-order valence-electron chi connectivity index (χ2n) is 2.79. The average molecular weight is 125 g/mol. The van der Waals surface area contributed by atoms with Gasteiger partial charge < -0.3 is 5.32 Å². The molecule has 2 atom stereocenters. The minimum Gasteiger partial charge on any atom is -0.391 e. The largest absolute Gasteiger partial charge is 0.391 e. The van der Waals surface area contributed by atoms with E-state index in [1.54, 1.807) is 0 Å². The number of rotatable bonds is 1. The lowest BCUT2D eigenvalue weighted by molar-refractivity contribution is 0.380. The van der Waals surface area contributed by atoms with Crippen molar-refractivity contribution in [1.82, 2.24) is 5.32 Å². The summed E-state index contributed by atoms with van der Waals surface area (Å²) in [6.45, 7) is 5.70. The molecule has 0 aliphatic carbocycles. The second kappa shape index (κ2) is 2.90. The topological polar surface area (TPSA) is 12.0 Å². The molecule has 0 radical (unpaired) electrons. The molecule has 0 aromatic carbocycles. The lowest BCUT2D eigenvalue weighted by Gasteiger charge is -2.23. The van der Waals surface area contributed by atoms with Gasteiger partial charge in [0.1, 0.15) is 0 Å². The van der Waals surface area contributed by atoms with Gasteiger partial charge in [0.15, 0.2) is 0 Å². The smallest absolute Gasteiger partial charge is 0.0175 e. The van der Waals surface area contributed by atoms with E-state index in [-0.39, 0.29) is 0 Å². The fourth-order valence-electron chi connectivity index (χ4n) is 1.30. The van der Waals surface area contributed by atoms with Gasteiger partial charge in [-0.25, -0.2) is 0 Å². The first-order valence-corrected chi connectivity index (χ1v) is 3.74. The summed E-state index contributed by atoms with van der Waals surface area (Å²) in [4.78, 5) is 0. The van der Waals surface area contributed by atoms with Gasteiger partial charge in [0.25, 0.3) is 0 Å². The Bertz CT molecular complexity index is 107. The molecule has 1 heterocycles. The Hall–Kier alpha value is -0.460. The highest BCUT2D eigenvalue weighted by molar-refractivity contribution is 4.93. The van der Waals surface area contributed by atoms with Crippen molar-refractivity contribution in [3.8, 4) is 0 Å². The Balaban J connectivity index is 2.44. The number of hydrogen-bond acceptors (Lipinski definition) is 1. The molecule has 0 bridgehead atoms. The average Bonchev–Trinajstić information content (AvgIpc) is 1.89. The zero-order valence-electron chi connectivity index (χ0n) is 6.22. The summed E-state index contributed by atoms with van der Waals surface area (Å²) in [5, 5.41) is 3.24. The van der Waals surface area contributed by atoms with Gasteiger partial charge in [0, 0.05) is 6.54 Å². The third kappa shape index (κ3) is 1.47. The molecule has 0 amide bonds. The van der Waals surface area contributed by atoms with Gasteiger partial charge in [-0.2, -0.15) is 0 Å². The SMILES string of the molecule is CCC1CNC=CC1C. The first-order chi connectivity index (χ1) is 4.34. The van der Waals surface area contributed by atoms with Crippen molar-refractivity contribution in [3.05, 3.63) is 12.3 Å². The molecule has 52 valence electrons. The first kappa shape index (κ1) is 6.66. The van der Waals surface area contributed by atoms with Crippen LogP contribution in [0.4, 0.5) is 0 Å². The quantitative estimate of drug-likeness (QED) is 0.563. The van der Waals surface area contributed by atoms with E-state index >= 15 is 0 Å². The van der Waals surface area contributed by atoms with Crippen molar-refractivity contribution in [2.75, 3.05) is 6.54 Å². The molecule has 1 N–H and O–H groups in total. The van der Waals surface area contributed by atoms with Gasteiger partial charge in [-0.1, -0.05) is 26.3 Å². The van der Waals surface area contributed by atoms with E-state index in [4.69, 9.17) is 0 Å². The molecule has 1 aliphatic heterocycles. The normalized spacial score (nSPS) is 34.0. The summed E-state index contributed by atoms with van der Waals surface area (Å²) in [5.41, 5.74) is 0. The van der Waals surface area contributed by atoms with Crippen LogP contribution < -0.4 is 5.32 Å². The summed E-state index contributed by atoms with van der Waals surface area (Å²) in [6, 6.07) is 0. The Morgan fingerprint density at radius 2 is 2.44 bits per heavy atom. The number of hydrogen-bond donors (Lipinski definition) is 1. The minimum absolute atomic E-state index is 0.774. The lowest BCUT2D eigenvalue weighted by atomic mass is 9.90. The molecular formula is C8H15N. The number of allylic oxidation sites excluding steroid dienone is 1. The van der Waals surface area contributed by atoms with Crippen LogP contribution in [0.1, 0.15) is 20.3 Å². The Morgan fingerprint density at radius 3 is 2.89 bits per heavy atom. The highest BCUT2D eigenvalue weighted by Crippen LogP contribution is 2.17. The highest BCUT2D eigenvalue weighted by Gasteiger charge is 2.14. The van der Waals surface area contributed by atoms with E-state index in [9.17, 15) is 0 Å². The minimum atomic E-state index is 0.774. The third-order valence-corrected chi connectivity index (χ3v) is 2.17. The fraction of sp³-hybridized carbons (Fsp3) is 0.750. The van der Waals surface area contributed by atoms with Gasteiger partial charge in [0.2, 0.25) is 0 Å². The summed E-state index contributed by atoms with van der Waals surface area (Å²) < 4.78 is 0. The van der Waals surface area contributed by atoms with Gasteiger partial charge in [0.05, 0.1) is 0 Å². The van der Waals surface area contributed by atoms with Crippen molar-refractivity contribution in [1.29, 1.82) is 0 Å². The van der Waals surface area contributed by atoms with E-state index in [1.807, 2.05) is 0 Å². The lowest BCUT2D eigenvalue weighted by Crippen LogP contribution is -2.26. The first-order valence-electron chi connectivity index (χ1n) is 3.74. The maximum atomic E-state index is 3.24. The van der Waals surface area contributed by atoms with Crippen LogP contribution in [-0.2, 0) is 0 Å². The summed E-state index contributed by atoms with van der Waals surface area (Å²) in [5.74, 6) is 1.63. The van der Waals surface area contributed by atoms with E-state index in [1.165, 1.54) is 6.42 Å². The Labute approximate surface area is 57.1 Å². The molecule has 1 aliphatic rings. The molecule has 0 aromatic heterocycles. The molecule has 1 heteroatoms. The van der Waals surface area contributed by atoms with Crippen LogP contribution in [0.3, 0.4) is 0 Å². The molecule has 1 nitrogen and oxygen atoms in total. The molecule has 0 spiro atoms. The Morgan fingerprint density at radius 1 is 1.67 bits per heavy atom. The van der Waals surface area contributed by atoms with Crippen LogP contribution in [0.25, 0.3) is 0 Å². The van der Waals surface area contributed by atoms with Gasteiger partial charge in [-0.15, -0.1) is 0 Å². The van der Waals surface area contributed by atoms with Gasteiger partial charge in [-0.05, 0) is 18.0 Å². The molecule has 0 saturated carbocycles. The zero-order valence-corrected chi connectivity index (χ0v) is 6.22. The molecule has 2 unspecified atom stereocenters.